The number of hydrogen-bond donors (Lipinski definition) is 2. The molecule has 0 aliphatic carbocycles. The minimum Gasteiger partial charge on any atom is -0.375 e. The molecule has 0 radical (unpaired) electrons. The number of aromatic nitrogens is 2. The molecule has 2 N–H and O–H groups in total. The van der Waals surface area contributed by atoms with Gasteiger partial charge in [0.2, 0.25) is 5.91 Å². The maximum atomic E-state index is 12.1. The number of amides is 1. The molecule has 1 amide bonds. The molecule has 1 saturated heterocycles. The molecule has 42 heavy (non-hydrogen) atoms. The monoisotopic (exact) mass is 595 g/mol. The predicted octanol–water partition coefficient (Wildman–Crippen LogP) is 7.06. The summed E-state index contributed by atoms with van der Waals surface area (Å²) in [5.41, 5.74) is 6.68. The minimum atomic E-state index is -0.278. The van der Waals surface area contributed by atoms with E-state index in [1.807, 2.05) is 30.3 Å². The fourth-order valence-corrected chi connectivity index (χ4v) is 6.45. The molecule has 1 aliphatic rings. The Labute approximate surface area is 255 Å². The first-order valence-corrected chi connectivity index (χ1v) is 14.4. The zero-order valence-electron chi connectivity index (χ0n) is 23.5. The van der Waals surface area contributed by atoms with E-state index in [0.29, 0.717) is 15.8 Å². The first-order valence-electron chi connectivity index (χ1n) is 13.6. The summed E-state index contributed by atoms with van der Waals surface area (Å²) < 4.78 is 7.25. The van der Waals surface area contributed by atoms with Crippen molar-refractivity contribution in [3.05, 3.63) is 119 Å². The van der Waals surface area contributed by atoms with Gasteiger partial charge in [0.05, 0.1) is 34.2 Å². The van der Waals surface area contributed by atoms with Gasteiger partial charge in [-0.05, 0) is 79.5 Å². The van der Waals surface area contributed by atoms with Crippen molar-refractivity contribution < 1.29 is 9.53 Å². The molecule has 2 aromatic heterocycles. The fraction of sp³-hybridized carbons (Fsp3) is 0.182. The average Bonchev–Trinajstić information content (AvgIpc) is 3.49. The number of nitrogens with one attached hydrogen (secondary N) is 2. The number of methoxy groups -OCH3 is 1. The Bertz CT molecular complexity index is 1800. The van der Waals surface area contributed by atoms with Crippen LogP contribution in [0.3, 0.4) is 0 Å². The summed E-state index contributed by atoms with van der Waals surface area (Å²) in [7, 11) is 1.47. The normalized spacial score (nSPS) is 16.6. The van der Waals surface area contributed by atoms with Crippen LogP contribution in [0.2, 0.25) is 5.02 Å². The van der Waals surface area contributed by atoms with E-state index in [-0.39, 0.29) is 24.6 Å². The van der Waals surface area contributed by atoms with Crippen LogP contribution in [0.5, 0.6) is 0 Å². The molecule has 1 aliphatic heterocycles. The van der Waals surface area contributed by atoms with Crippen LogP contribution in [-0.4, -0.2) is 34.3 Å². The third-order valence-corrected chi connectivity index (χ3v) is 8.30. The van der Waals surface area contributed by atoms with E-state index in [1.165, 1.54) is 17.9 Å². The summed E-state index contributed by atoms with van der Waals surface area (Å²) in [4.78, 5) is 18.9. The first-order chi connectivity index (χ1) is 20.4. The summed E-state index contributed by atoms with van der Waals surface area (Å²) in [5.74, 6) is -0.278. The number of carbonyl (C=O) groups excluding carboxylic acids is 1. The third kappa shape index (κ3) is 5.02. The second kappa shape index (κ2) is 11.6. The van der Waals surface area contributed by atoms with Crippen molar-refractivity contribution in [2.75, 3.05) is 23.9 Å². The molecule has 3 heterocycles. The second-order valence-corrected chi connectivity index (χ2v) is 11.1. The zero-order valence-corrected chi connectivity index (χ0v) is 25.0. The highest BCUT2D eigenvalue weighted by molar-refractivity contribution is 7.80. The predicted molar refractivity (Wildman–Crippen MR) is 173 cm³/mol. The number of halogens is 1. The Morgan fingerprint density at radius 2 is 1.83 bits per heavy atom. The highest BCUT2D eigenvalue weighted by atomic mass is 35.5. The molecule has 3 aromatic carbocycles. The van der Waals surface area contributed by atoms with Crippen LogP contribution in [-0.2, 0) is 9.53 Å². The molecular formula is C33H30ClN5O2S. The van der Waals surface area contributed by atoms with Crippen molar-refractivity contribution in [2.24, 2.45) is 0 Å². The van der Waals surface area contributed by atoms with Gasteiger partial charge in [0.25, 0.3) is 0 Å². The molecule has 0 saturated carbocycles. The highest BCUT2D eigenvalue weighted by Gasteiger charge is 2.42. The van der Waals surface area contributed by atoms with Crippen LogP contribution in [0, 0.1) is 13.8 Å². The molecule has 0 spiro atoms. The molecule has 1 fully saturated rings. The van der Waals surface area contributed by atoms with Gasteiger partial charge in [0.15, 0.2) is 5.11 Å². The van der Waals surface area contributed by atoms with E-state index < -0.39 is 0 Å². The first kappa shape index (κ1) is 27.9. The van der Waals surface area contributed by atoms with Crippen LogP contribution in [0.15, 0.2) is 91.1 Å². The summed E-state index contributed by atoms with van der Waals surface area (Å²) >= 11 is 12.6. The minimum absolute atomic E-state index is 0.0572. The van der Waals surface area contributed by atoms with Gasteiger partial charge in [0, 0.05) is 35.8 Å². The van der Waals surface area contributed by atoms with E-state index >= 15 is 0 Å². The average molecular weight is 596 g/mol. The van der Waals surface area contributed by atoms with Crippen LogP contribution < -0.4 is 15.5 Å². The van der Waals surface area contributed by atoms with Crippen molar-refractivity contribution >= 4 is 57.0 Å². The van der Waals surface area contributed by atoms with Gasteiger partial charge < -0.3 is 24.8 Å². The van der Waals surface area contributed by atoms with E-state index in [2.05, 4.69) is 82.5 Å². The third-order valence-electron chi connectivity index (χ3n) is 7.67. The van der Waals surface area contributed by atoms with E-state index in [0.717, 1.165) is 34.0 Å². The zero-order chi connectivity index (χ0) is 29.4. The lowest BCUT2D eigenvalue weighted by atomic mass is 9.96. The Morgan fingerprint density at radius 3 is 2.60 bits per heavy atom. The number of aryl methyl sites for hydroxylation is 1. The second-order valence-electron chi connectivity index (χ2n) is 10.3. The van der Waals surface area contributed by atoms with E-state index in [9.17, 15) is 4.79 Å². The van der Waals surface area contributed by atoms with Crippen molar-refractivity contribution in [2.45, 2.75) is 25.9 Å². The van der Waals surface area contributed by atoms with Crippen LogP contribution in [0.1, 0.15) is 34.7 Å². The number of anilines is 2. The van der Waals surface area contributed by atoms with Crippen LogP contribution >= 0.6 is 23.8 Å². The van der Waals surface area contributed by atoms with Gasteiger partial charge in [-0.3, -0.25) is 9.78 Å². The molecule has 0 unspecified atom stereocenters. The number of benzene rings is 3. The van der Waals surface area contributed by atoms with Crippen molar-refractivity contribution in [3.63, 3.8) is 0 Å². The molecular weight excluding hydrogens is 566 g/mol. The van der Waals surface area contributed by atoms with Gasteiger partial charge in [0.1, 0.15) is 6.61 Å². The molecule has 2 atom stereocenters. The van der Waals surface area contributed by atoms with Crippen LogP contribution in [0.4, 0.5) is 11.4 Å². The molecule has 9 heteroatoms. The number of thiocarbonyl (C=S) groups is 1. The van der Waals surface area contributed by atoms with Gasteiger partial charge in [-0.15, -0.1) is 0 Å². The fourth-order valence-electron chi connectivity index (χ4n) is 5.88. The smallest absolute Gasteiger partial charge is 0.250 e. The van der Waals surface area contributed by atoms with Crippen molar-refractivity contribution in [3.8, 4) is 5.69 Å². The SMILES string of the molecule is COCC(=O)Nc1ccc(N2C(=S)N[C@H](c3ccccn3)[C@@H]2c2cc(C)n(-c3cccc4ccccc34)c2C)cc1Cl. The van der Waals surface area contributed by atoms with Gasteiger partial charge in [-0.1, -0.05) is 54.1 Å². The topological polar surface area (TPSA) is 71.4 Å². The Balaban J connectivity index is 1.48. The molecule has 5 aromatic rings. The van der Waals surface area contributed by atoms with Gasteiger partial charge >= 0.3 is 0 Å². The maximum Gasteiger partial charge on any atom is 0.250 e. The lowest BCUT2D eigenvalue weighted by molar-refractivity contribution is -0.119. The maximum absolute atomic E-state index is 12.1. The van der Waals surface area contributed by atoms with E-state index in [1.54, 1.807) is 12.3 Å². The number of fused-ring (bicyclic) bond motifs is 1. The molecule has 7 nitrogen and oxygen atoms in total. The number of pyridine rings is 1. The number of ether oxygens (including phenoxy) is 1. The number of rotatable bonds is 7. The number of nitrogens with zero attached hydrogens (tertiary/aromatic N) is 3. The molecule has 0 bridgehead atoms. The Morgan fingerprint density at radius 1 is 1.05 bits per heavy atom. The van der Waals surface area contributed by atoms with Gasteiger partial charge in [-0.25, -0.2) is 0 Å². The quantitative estimate of drug-likeness (QED) is 0.196. The lowest BCUT2D eigenvalue weighted by Gasteiger charge is -2.28. The van der Waals surface area contributed by atoms with Crippen LogP contribution in [0.25, 0.3) is 16.5 Å². The molecule has 6 rings (SSSR count). The van der Waals surface area contributed by atoms with E-state index in [4.69, 9.17) is 33.5 Å². The lowest BCUT2D eigenvalue weighted by Crippen LogP contribution is -2.29. The number of hydrogen-bond acceptors (Lipinski definition) is 4. The largest absolute Gasteiger partial charge is 0.375 e. The molecule has 212 valence electrons. The van der Waals surface area contributed by atoms with Crippen molar-refractivity contribution in [1.29, 1.82) is 0 Å². The summed E-state index contributed by atoms with van der Waals surface area (Å²) in [6.07, 6.45) is 1.80. The summed E-state index contributed by atoms with van der Waals surface area (Å²) in [5, 5.41) is 9.67. The van der Waals surface area contributed by atoms with Gasteiger partial charge in [-0.2, -0.15) is 0 Å². The summed E-state index contributed by atoms with van der Waals surface area (Å²) in [6.45, 7) is 4.23. The Kier molecular flexibility index (Phi) is 7.68. The standard InChI is InChI=1S/C33H30ClN5O2S/c1-20-17-25(21(2)38(20)29-13-8-10-22-9-4-5-11-24(22)29)32-31(28-12-6-7-16-35-28)37-33(42)39(32)23-14-15-27(26(34)18-23)36-30(40)19-41-3/h4-18,31-32H,19H2,1-3H3,(H,36,40)(H,37,42)/t31-,32+/m1/s1. The highest BCUT2D eigenvalue weighted by Crippen LogP contribution is 2.45. The summed E-state index contributed by atoms with van der Waals surface area (Å²) in [6, 6.07) is 28.1. The number of carbonyl (C=O) groups is 1. The Hall–Kier alpha value is -4.24. The van der Waals surface area contributed by atoms with Crippen molar-refractivity contribution in [1.82, 2.24) is 14.9 Å².